The number of benzene rings is 4. The lowest BCUT2D eigenvalue weighted by atomic mass is 10.1. The summed E-state index contributed by atoms with van der Waals surface area (Å²) in [4.78, 5) is 15.8. The van der Waals surface area contributed by atoms with E-state index in [4.69, 9.17) is 0 Å². The molecule has 0 spiro atoms. The smallest absolute Gasteiger partial charge is 0.285 e. The van der Waals surface area contributed by atoms with Gasteiger partial charge in [0.05, 0.1) is 16.1 Å². The van der Waals surface area contributed by atoms with Gasteiger partial charge in [0.15, 0.2) is 5.69 Å². The zero-order valence-electron chi connectivity index (χ0n) is 19.3. The van der Waals surface area contributed by atoms with Crippen molar-refractivity contribution < 1.29 is 18.3 Å². The SMILES string of the molecule is Cc1ccc(N(CC(=O)N=Nc2c(O)[nH]c3ccccc23)S(=O)(=O)c2cccc3ccccc23)cc1. The summed E-state index contributed by atoms with van der Waals surface area (Å²) in [7, 11) is -4.15. The van der Waals surface area contributed by atoms with Crippen molar-refractivity contribution in [2.75, 3.05) is 10.8 Å². The molecule has 2 N–H and O–H groups in total. The minimum Gasteiger partial charge on any atom is -0.493 e. The van der Waals surface area contributed by atoms with E-state index < -0.39 is 22.5 Å². The summed E-state index contributed by atoms with van der Waals surface area (Å²) < 4.78 is 28.8. The molecule has 1 aromatic heterocycles. The Bertz CT molecular complexity index is 1720. The number of nitrogens with zero attached hydrogens (tertiary/aromatic N) is 3. The van der Waals surface area contributed by atoms with Crippen molar-refractivity contribution >= 4 is 49.0 Å². The molecule has 9 heteroatoms. The molecule has 0 saturated carbocycles. The quantitative estimate of drug-likeness (QED) is 0.286. The van der Waals surface area contributed by atoms with Gasteiger partial charge in [-0.1, -0.05) is 72.3 Å². The first-order valence-electron chi connectivity index (χ1n) is 11.2. The Labute approximate surface area is 207 Å². The monoisotopic (exact) mass is 498 g/mol. The first-order chi connectivity index (χ1) is 17.3. The van der Waals surface area contributed by atoms with Crippen molar-refractivity contribution in [2.24, 2.45) is 10.2 Å². The number of nitrogens with one attached hydrogen (secondary N) is 1. The molecule has 0 saturated heterocycles. The lowest BCUT2D eigenvalue weighted by Crippen LogP contribution is -2.35. The van der Waals surface area contributed by atoms with Gasteiger partial charge >= 0.3 is 0 Å². The number of sulfonamides is 1. The molecule has 0 aliphatic carbocycles. The van der Waals surface area contributed by atoms with E-state index in [0.717, 1.165) is 15.3 Å². The van der Waals surface area contributed by atoms with Gasteiger partial charge in [0.2, 0.25) is 5.88 Å². The molecule has 36 heavy (non-hydrogen) atoms. The van der Waals surface area contributed by atoms with E-state index in [1.807, 2.05) is 25.1 Å². The molecule has 4 aromatic carbocycles. The number of azo groups is 1. The molecule has 5 aromatic rings. The summed E-state index contributed by atoms with van der Waals surface area (Å²) in [5, 5.41) is 19.8. The fourth-order valence-electron chi connectivity index (χ4n) is 4.04. The highest BCUT2D eigenvalue weighted by atomic mass is 32.2. The molecule has 180 valence electrons. The van der Waals surface area contributed by atoms with Gasteiger partial charge in [0.25, 0.3) is 15.9 Å². The molecule has 0 radical (unpaired) electrons. The lowest BCUT2D eigenvalue weighted by Gasteiger charge is -2.24. The highest BCUT2D eigenvalue weighted by Crippen LogP contribution is 2.35. The second-order valence-corrected chi connectivity index (χ2v) is 10.1. The Balaban J connectivity index is 1.53. The summed E-state index contributed by atoms with van der Waals surface area (Å²) in [5.41, 5.74) is 2.02. The van der Waals surface area contributed by atoms with Crippen molar-refractivity contribution in [3.05, 3.63) is 96.6 Å². The molecular formula is C27H22N4O4S. The average molecular weight is 499 g/mol. The molecular weight excluding hydrogens is 476 g/mol. The Kier molecular flexibility index (Phi) is 5.99. The van der Waals surface area contributed by atoms with Crippen molar-refractivity contribution in [3.8, 4) is 5.88 Å². The molecule has 0 unspecified atom stereocenters. The molecule has 8 nitrogen and oxygen atoms in total. The van der Waals surface area contributed by atoms with Crippen LogP contribution in [0, 0.1) is 6.92 Å². The summed E-state index contributed by atoms with van der Waals surface area (Å²) in [6.07, 6.45) is 0. The number of hydrogen-bond donors (Lipinski definition) is 2. The average Bonchev–Trinajstić information content (AvgIpc) is 3.21. The van der Waals surface area contributed by atoms with Gasteiger partial charge in [-0.15, -0.1) is 10.2 Å². The number of aromatic nitrogens is 1. The van der Waals surface area contributed by atoms with Gasteiger partial charge in [-0.3, -0.25) is 9.10 Å². The maximum absolute atomic E-state index is 13.9. The molecule has 0 aliphatic rings. The second-order valence-electron chi connectivity index (χ2n) is 8.29. The predicted molar refractivity (Wildman–Crippen MR) is 139 cm³/mol. The number of amides is 1. The highest BCUT2D eigenvalue weighted by Gasteiger charge is 2.29. The summed E-state index contributed by atoms with van der Waals surface area (Å²) in [6, 6.07) is 26.1. The number of aromatic amines is 1. The van der Waals surface area contributed by atoms with Gasteiger partial charge < -0.3 is 10.1 Å². The number of aryl methyl sites for hydroxylation is 1. The van der Waals surface area contributed by atoms with Crippen LogP contribution in [0.25, 0.3) is 21.7 Å². The minimum absolute atomic E-state index is 0.0835. The van der Waals surface area contributed by atoms with Crippen LogP contribution in [0.2, 0.25) is 0 Å². The number of aromatic hydroxyl groups is 1. The number of rotatable bonds is 6. The Hall–Kier alpha value is -4.50. The van der Waals surface area contributed by atoms with Crippen molar-refractivity contribution in [1.29, 1.82) is 0 Å². The van der Waals surface area contributed by atoms with Crippen LogP contribution in [0.1, 0.15) is 5.56 Å². The van der Waals surface area contributed by atoms with Crippen LogP contribution in [0.5, 0.6) is 5.88 Å². The Morgan fingerprint density at radius 1 is 0.889 bits per heavy atom. The van der Waals surface area contributed by atoms with Gasteiger partial charge in [-0.05, 0) is 36.6 Å². The van der Waals surface area contributed by atoms with Gasteiger partial charge in [0, 0.05) is 10.8 Å². The zero-order valence-corrected chi connectivity index (χ0v) is 20.1. The van der Waals surface area contributed by atoms with E-state index in [1.54, 1.807) is 66.7 Å². The van der Waals surface area contributed by atoms with Crippen LogP contribution in [0.4, 0.5) is 11.4 Å². The van der Waals surface area contributed by atoms with Crippen LogP contribution in [0.15, 0.2) is 106 Å². The fraction of sp³-hybridized carbons (Fsp3) is 0.0741. The molecule has 0 bridgehead atoms. The normalized spacial score (nSPS) is 11.9. The van der Waals surface area contributed by atoms with Gasteiger partial charge in [-0.2, -0.15) is 0 Å². The number of carbonyl (C=O) groups is 1. The number of H-pyrrole nitrogens is 1. The largest absolute Gasteiger partial charge is 0.493 e. The summed E-state index contributed by atoms with van der Waals surface area (Å²) in [5.74, 6) is -1.02. The van der Waals surface area contributed by atoms with E-state index in [2.05, 4.69) is 15.2 Å². The third-order valence-corrected chi connectivity index (χ3v) is 7.67. The number of anilines is 1. The van der Waals surface area contributed by atoms with Crippen LogP contribution in [-0.4, -0.2) is 31.0 Å². The summed E-state index contributed by atoms with van der Waals surface area (Å²) >= 11 is 0. The van der Waals surface area contributed by atoms with E-state index >= 15 is 0 Å². The molecule has 1 heterocycles. The van der Waals surface area contributed by atoms with E-state index in [-0.39, 0.29) is 16.5 Å². The van der Waals surface area contributed by atoms with Crippen molar-refractivity contribution in [2.45, 2.75) is 11.8 Å². The molecule has 0 atom stereocenters. The molecule has 0 fully saturated rings. The fourth-order valence-corrected chi connectivity index (χ4v) is 5.67. The van der Waals surface area contributed by atoms with E-state index in [9.17, 15) is 18.3 Å². The van der Waals surface area contributed by atoms with Crippen LogP contribution in [0.3, 0.4) is 0 Å². The van der Waals surface area contributed by atoms with Gasteiger partial charge in [0.1, 0.15) is 6.54 Å². The number of para-hydroxylation sites is 1. The van der Waals surface area contributed by atoms with Crippen molar-refractivity contribution in [3.63, 3.8) is 0 Å². The highest BCUT2D eigenvalue weighted by molar-refractivity contribution is 7.93. The van der Waals surface area contributed by atoms with Crippen LogP contribution in [-0.2, 0) is 14.8 Å². The first-order valence-corrected chi connectivity index (χ1v) is 12.6. The van der Waals surface area contributed by atoms with Crippen molar-refractivity contribution in [1.82, 2.24) is 4.98 Å². The molecule has 1 amide bonds. The number of hydrogen-bond acceptors (Lipinski definition) is 5. The van der Waals surface area contributed by atoms with E-state index in [0.29, 0.717) is 22.0 Å². The van der Waals surface area contributed by atoms with Gasteiger partial charge in [-0.25, -0.2) is 8.42 Å². The maximum atomic E-state index is 13.9. The first kappa shape index (κ1) is 23.3. The van der Waals surface area contributed by atoms with Crippen LogP contribution >= 0.6 is 0 Å². The molecule has 5 rings (SSSR count). The third kappa shape index (κ3) is 4.32. The summed E-state index contributed by atoms with van der Waals surface area (Å²) in [6.45, 7) is 1.32. The minimum atomic E-state index is -4.15. The lowest BCUT2D eigenvalue weighted by molar-refractivity contribution is -0.116. The second kappa shape index (κ2) is 9.27. The molecule has 0 aliphatic heterocycles. The maximum Gasteiger partial charge on any atom is 0.285 e. The number of carbonyl (C=O) groups excluding carboxylic acids is 1. The Morgan fingerprint density at radius 3 is 2.33 bits per heavy atom. The van der Waals surface area contributed by atoms with Crippen LogP contribution < -0.4 is 4.31 Å². The predicted octanol–water partition coefficient (Wildman–Crippen LogP) is 5.84. The third-order valence-electron chi connectivity index (χ3n) is 5.84. The standard InChI is InChI=1S/C27H22N4O4S/c1-18-13-15-20(16-14-18)31(36(34,35)24-12-6-8-19-7-2-3-9-21(19)24)17-25(32)29-30-26-22-10-4-5-11-23(22)28-27(26)33/h2-16,28,33H,17H2,1H3. The topological polar surface area (TPSA) is 115 Å². The Morgan fingerprint density at radius 2 is 1.56 bits per heavy atom. The van der Waals surface area contributed by atoms with E-state index in [1.165, 1.54) is 6.07 Å². The zero-order chi connectivity index (χ0) is 25.3. The number of fused-ring (bicyclic) bond motifs is 2.